The second-order valence-electron chi connectivity index (χ2n) is 3.94. The van der Waals surface area contributed by atoms with E-state index < -0.39 is 48.6 Å². The molecule has 0 heterocycles. The Morgan fingerprint density at radius 3 is 1.17 bits per heavy atom. The summed E-state index contributed by atoms with van der Waals surface area (Å²) in [5.74, 6) is -36.7. The first-order chi connectivity index (χ1) is 9.79. The molecular weight excluding hydrogens is 381 g/mol. The number of hydrogen-bond acceptors (Lipinski definition) is 0. The second-order valence-corrected chi connectivity index (χ2v) is 3.94. The monoisotopic (exact) mass is 383 g/mol. The molecule has 23 heavy (non-hydrogen) atoms. The molecule has 139 valence electrons. The summed E-state index contributed by atoms with van der Waals surface area (Å²) in [6, 6.07) is 0. The second kappa shape index (κ2) is 5.79. The van der Waals surface area contributed by atoms with Crippen LogP contribution in [0.5, 0.6) is 0 Å². The summed E-state index contributed by atoms with van der Waals surface area (Å²) in [5, 5.41) is 0. The van der Waals surface area contributed by atoms with Crippen LogP contribution in [0.25, 0.3) is 0 Å². The van der Waals surface area contributed by atoms with E-state index in [0.29, 0.717) is 0 Å². The lowest BCUT2D eigenvalue weighted by molar-refractivity contribution is -0.378. The highest BCUT2D eigenvalue weighted by molar-refractivity contribution is 5.10. The molecule has 0 bridgehead atoms. The average molecular weight is 383 g/mol. The number of rotatable bonds is 7. The molecule has 0 fully saturated rings. The van der Waals surface area contributed by atoms with Gasteiger partial charge in [-0.25, -0.2) is 13.2 Å². The fourth-order valence-corrected chi connectivity index (χ4v) is 1.03. The van der Waals surface area contributed by atoms with Gasteiger partial charge in [0.15, 0.2) is 0 Å². The molecule has 0 spiro atoms. The summed E-state index contributed by atoms with van der Waals surface area (Å²) in [6.07, 6.45) is -16.7. The van der Waals surface area contributed by atoms with Crippen LogP contribution in [-0.2, 0) is 0 Å². The molecule has 0 aromatic carbocycles. The molecule has 0 aromatic rings. The molecule has 0 aliphatic carbocycles. The Bertz CT molecular complexity index is 410. The van der Waals surface area contributed by atoms with Crippen molar-refractivity contribution in [2.24, 2.45) is 0 Å². The minimum Gasteiger partial charge on any atom is -0.234 e. The van der Waals surface area contributed by atoms with Crippen molar-refractivity contribution in [3.8, 4) is 0 Å². The zero-order valence-electron chi connectivity index (χ0n) is 9.82. The molecule has 1 unspecified atom stereocenters. The van der Waals surface area contributed by atoms with E-state index in [1.54, 1.807) is 0 Å². The Hall–Kier alpha value is -1.05. The molecule has 0 aromatic heterocycles. The van der Waals surface area contributed by atoms with Crippen LogP contribution < -0.4 is 0 Å². The fourth-order valence-electron chi connectivity index (χ4n) is 1.03. The maximum absolute atomic E-state index is 12.7. The molecular formula is C8H2F15. The SMILES string of the molecule is F[C](F)C(F)(F)C(F)(F)C(F)C(F)(F)C(F)(F)C(F)(F)C(F)F. The molecule has 0 rings (SSSR count). The molecule has 15 heteroatoms. The van der Waals surface area contributed by atoms with E-state index in [1.165, 1.54) is 0 Å². The predicted molar refractivity (Wildman–Crippen MR) is 41.1 cm³/mol. The summed E-state index contributed by atoms with van der Waals surface area (Å²) >= 11 is 0. The Morgan fingerprint density at radius 1 is 0.565 bits per heavy atom. The van der Waals surface area contributed by atoms with Gasteiger partial charge in [-0.05, 0) is 0 Å². The van der Waals surface area contributed by atoms with Crippen molar-refractivity contribution in [1.82, 2.24) is 0 Å². The normalized spacial score (nSPS) is 17.1. The van der Waals surface area contributed by atoms with Crippen molar-refractivity contribution in [2.75, 3.05) is 0 Å². The van der Waals surface area contributed by atoms with Crippen molar-refractivity contribution in [1.29, 1.82) is 0 Å². The van der Waals surface area contributed by atoms with Crippen LogP contribution in [0.2, 0.25) is 0 Å². The Balaban J connectivity index is 6.03. The Labute approximate surface area is 116 Å². The topological polar surface area (TPSA) is 0 Å². The van der Waals surface area contributed by atoms with Crippen LogP contribution in [0.3, 0.4) is 0 Å². The van der Waals surface area contributed by atoms with E-state index in [-0.39, 0.29) is 0 Å². The van der Waals surface area contributed by atoms with Gasteiger partial charge < -0.3 is 0 Å². The first-order valence-corrected chi connectivity index (χ1v) is 4.79. The molecule has 0 aliphatic heterocycles. The molecule has 0 N–H and O–H groups in total. The number of hydrogen-bond donors (Lipinski definition) is 0. The summed E-state index contributed by atoms with van der Waals surface area (Å²) < 4.78 is 184. The van der Waals surface area contributed by atoms with Gasteiger partial charge in [0, 0.05) is 0 Å². The molecule has 0 saturated carbocycles. The molecule has 1 atom stereocenters. The molecule has 0 nitrogen and oxygen atoms in total. The standard InChI is InChI=1S/C8H2F15/c9-1(4(14,15)6(18,19)2(10)11)5(16,17)8(22,23)7(20,21)3(12)13/h1,3H. The summed E-state index contributed by atoms with van der Waals surface area (Å²) in [4.78, 5) is 0. The third-order valence-electron chi connectivity index (χ3n) is 2.40. The first kappa shape index (κ1) is 21.9. The van der Waals surface area contributed by atoms with Gasteiger partial charge in [-0.2, -0.15) is 52.7 Å². The zero-order valence-corrected chi connectivity index (χ0v) is 9.82. The smallest absolute Gasteiger partial charge is 0.234 e. The minimum absolute atomic E-state index is 4.70. The first-order valence-electron chi connectivity index (χ1n) is 4.79. The average Bonchev–Trinajstić information content (AvgIpc) is 2.36. The van der Waals surface area contributed by atoms with Crippen LogP contribution in [0, 0.1) is 6.43 Å². The third kappa shape index (κ3) is 3.02. The third-order valence-corrected chi connectivity index (χ3v) is 2.40. The van der Waals surface area contributed by atoms with Gasteiger partial charge in [0.25, 0.3) is 0 Å². The van der Waals surface area contributed by atoms with Gasteiger partial charge >= 0.3 is 42.5 Å². The van der Waals surface area contributed by atoms with E-state index >= 15 is 0 Å². The lowest BCUT2D eigenvalue weighted by Crippen LogP contribution is -2.66. The highest BCUT2D eigenvalue weighted by atomic mass is 19.4. The van der Waals surface area contributed by atoms with E-state index in [4.69, 9.17) is 0 Å². The van der Waals surface area contributed by atoms with E-state index in [1.807, 2.05) is 0 Å². The van der Waals surface area contributed by atoms with Gasteiger partial charge in [0.05, 0.1) is 0 Å². The van der Waals surface area contributed by atoms with E-state index in [2.05, 4.69) is 0 Å². The number of alkyl halides is 13. The summed E-state index contributed by atoms with van der Waals surface area (Å²) in [6.45, 7) is 0. The lowest BCUT2D eigenvalue weighted by Gasteiger charge is -2.37. The van der Waals surface area contributed by atoms with Crippen LogP contribution in [-0.4, -0.2) is 42.2 Å². The fraction of sp³-hybridized carbons (Fsp3) is 0.875. The minimum atomic E-state index is -7.61. The molecule has 0 aliphatic rings. The van der Waals surface area contributed by atoms with E-state index in [9.17, 15) is 65.9 Å². The lowest BCUT2D eigenvalue weighted by atomic mass is 9.93. The van der Waals surface area contributed by atoms with Crippen LogP contribution in [0.4, 0.5) is 65.9 Å². The maximum atomic E-state index is 12.7. The highest BCUT2D eigenvalue weighted by Gasteiger charge is 2.84. The van der Waals surface area contributed by atoms with Gasteiger partial charge in [-0.15, -0.1) is 0 Å². The van der Waals surface area contributed by atoms with Gasteiger partial charge in [-0.1, -0.05) is 0 Å². The maximum Gasteiger partial charge on any atom is 0.384 e. The van der Waals surface area contributed by atoms with Gasteiger partial charge in [0.2, 0.25) is 6.17 Å². The largest absolute Gasteiger partial charge is 0.384 e. The Morgan fingerprint density at radius 2 is 0.913 bits per heavy atom. The van der Waals surface area contributed by atoms with Crippen LogP contribution >= 0.6 is 0 Å². The van der Waals surface area contributed by atoms with Crippen molar-refractivity contribution >= 4 is 0 Å². The van der Waals surface area contributed by atoms with Crippen molar-refractivity contribution < 1.29 is 65.9 Å². The van der Waals surface area contributed by atoms with Crippen molar-refractivity contribution in [3.05, 3.63) is 6.43 Å². The summed E-state index contributed by atoms with van der Waals surface area (Å²) in [7, 11) is 0. The molecule has 0 amide bonds. The van der Waals surface area contributed by atoms with Gasteiger partial charge in [0.1, 0.15) is 0 Å². The van der Waals surface area contributed by atoms with Crippen LogP contribution in [0.15, 0.2) is 0 Å². The van der Waals surface area contributed by atoms with Crippen molar-refractivity contribution in [2.45, 2.75) is 42.2 Å². The molecule has 1 radical (unpaired) electrons. The summed E-state index contributed by atoms with van der Waals surface area (Å²) in [5.41, 5.74) is 0. The van der Waals surface area contributed by atoms with E-state index in [0.717, 1.165) is 0 Å². The Kier molecular flexibility index (Phi) is 5.53. The highest BCUT2D eigenvalue weighted by Crippen LogP contribution is 2.56. The van der Waals surface area contributed by atoms with Crippen LogP contribution in [0.1, 0.15) is 0 Å². The van der Waals surface area contributed by atoms with Crippen molar-refractivity contribution in [3.63, 3.8) is 0 Å². The zero-order chi connectivity index (χ0) is 19.2. The molecule has 0 saturated heterocycles. The predicted octanol–water partition coefficient (Wildman–Crippen LogP) is 5.19. The quantitative estimate of drug-likeness (QED) is 0.531. The van der Waals surface area contributed by atoms with Gasteiger partial charge in [-0.3, -0.25) is 0 Å². The number of halogens is 15.